The second-order valence-corrected chi connectivity index (χ2v) is 5.82. The third-order valence-corrected chi connectivity index (χ3v) is 4.16. The van der Waals surface area contributed by atoms with Gasteiger partial charge in [0.2, 0.25) is 0 Å². The van der Waals surface area contributed by atoms with Crippen molar-refractivity contribution in [3.63, 3.8) is 0 Å². The Hall–Kier alpha value is -1.02. The molecule has 1 heterocycles. The molecule has 0 saturated carbocycles. The van der Waals surface area contributed by atoms with E-state index in [1.54, 1.807) is 0 Å². The fourth-order valence-corrected chi connectivity index (χ4v) is 3.15. The summed E-state index contributed by atoms with van der Waals surface area (Å²) >= 11 is 5.86. The van der Waals surface area contributed by atoms with Gasteiger partial charge in [-0.25, -0.2) is 0 Å². The number of hydrogen-bond donors (Lipinski definition) is 0. The van der Waals surface area contributed by atoms with E-state index in [-0.39, 0.29) is 5.91 Å². The second kappa shape index (κ2) is 6.42. The quantitative estimate of drug-likeness (QED) is 0.768. The van der Waals surface area contributed by atoms with E-state index >= 15 is 0 Å². The number of halogens is 1. The van der Waals surface area contributed by atoms with E-state index in [4.69, 9.17) is 11.6 Å². The molecule has 1 unspecified atom stereocenters. The number of nitrogens with zero attached hydrogens (tertiary/aromatic N) is 1. The van der Waals surface area contributed by atoms with Gasteiger partial charge in [-0.2, -0.15) is 0 Å². The lowest BCUT2D eigenvalue weighted by Gasteiger charge is -2.36. The van der Waals surface area contributed by atoms with Crippen LogP contribution in [0.2, 0.25) is 0 Å². The second-order valence-electron chi connectivity index (χ2n) is 5.44. The summed E-state index contributed by atoms with van der Waals surface area (Å²) in [5.74, 6) is 0.800. The molecule has 1 aliphatic heterocycles. The average Bonchev–Trinajstić information content (AvgIpc) is 2.39. The Morgan fingerprint density at radius 2 is 2.16 bits per heavy atom. The topological polar surface area (TPSA) is 20.3 Å². The fourth-order valence-electron chi connectivity index (χ4n) is 2.90. The number of benzene rings is 1. The van der Waals surface area contributed by atoms with E-state index < -0.39 is 0 Å². The molecule has 0 radical (unpaired) electrons. The van der Waals surface area contributed by atoms with E-state index in [1.165, 1.54) is 12.0 Å². The van der Waals surface area contributed by atoms with E-state index in [2.05, 4.69) is 13.0 Å². The first-order valence-corrected chi connectivity index (χ1v) is 7.61. The van der Waals surface area contributed by atoms with Gasteiger partial charge in [-0.1, -0.05) is 17.7 Å². The molecule has 0 aromatic heterocycles. The van der Waals surface area contributed by atoms with Crippen LogP contribution in [0.5, 0.6) is 0 Å². The van der Waals surface area contributed by atoms with Crippen LogP contribution < -0.4 is 0 Å². The van der Waals surface area contributed by atoms with Gasteiger partial charge in [0, 0.05) is 24.0 Å². The highest BCUT2D eigenvalue weighted by Crippen LogP contribution is 2.23. The van der Waals surface area contributed by atoms with Gasteiger partial charge in [-0.3, -0.25) is 4.79 Å². The van der Waals surface area contributed by atoms with Crippen molar-refractivity contribution < 1.29 is 4.79 Å². The molecule has 2 rings (SSSR count). The Morgan fingerprint density at radius 3 is 2.84 bits per heavy atom. The van der Waals surface area contributed by atoms with Crippen molar-refractivity contribution in [2.45, 2.75) is 45.6 Å². The molecule has 0 spiro atoms. The summed E-state index contributed by atoms with van der Waals surface area (Å²) in [4.78, 5) is 14.7. The van der Waals surface area contributed by atoms with E-state index in [1.807, 2.05) is 24.0 Å². The van der Waals surface area contributed by atoms with Crippen molar-refractivity contribution in [2.24, 2.45) is 0 Å². The number of amides is 1. The zero-order chi connectivity index (χ0) is 13.8. The molecule has 104 valence electrons. The largest absolute Gasteiger partial charge is 0.336 e. The molecule has 1 atom stereocenters. The minimum absolute atomic E-state index is 0.173. The van der Waals surface area contributed by atoms with Gasteiger partial charge < -0.3 is 4.90 Å². The Labute approximate surface area is 120 Å². The zero-order valence-corrected chi connectivity index (χ0v) is 12.5. The summed E-state index contributed by atoms with van der Waals surface area (Å²) in [5.41, 5.74) is 3.11. The molecule has 0 bridgehead atoms. The van der Waals surface area contributed by atoms with Gasteiger partial charge in [0.1, 0.15) is 0 Å². The van der Waals surface area contributed by atoms with E-state index in [9.17, 15) is 4.79 Å². The summed E-state index contributed by atoms with van der Waals surface area (Å²) in [7, 11) is 0. The van der Waals surface area contributed by atoms with Gasteiger partial charge in [0.05, 0.1) is 0 Å². The van der Waals surface area contributed by atoms with Crippen LogP contribution in [0.25, 0.3) is 0 Å². The maximum Gasteiger partial charge on any atom is 0.254 e. The summed E-state index contributed by atoms with van der Waals surface area (Å²) in [6.45, 7) is 4.94. The molecule has 3 heteroatoms. The van der Waals surface area contributed by atoms with Crippen molar-refractivity contribution in [1.29, 1.82) is 0 Å². The van der Waals surface area contributed by atoms with Crippen LogP contribution in [-0.2, 0) is 0 Å². The summed E-state index contributed by atoms with van der Waals surface area (Å²) in [6.07, 6.45) is 4.30. The first-order valence-electron chi connectivity index (χ1n) is 7.07. The van der Waals surface area contributed by atoms with Crippen LogP contribution in [0.15, 0.2) is 18.2 Å². The van der Waals surface area contributed by atoms with E-state index in [0.717, 1.165) is 36.9 Å². The molecule has 19 heavy (non-hydrogen) atoms. The lowest BCUT2D eigenvalue weighted by molar-refractivity contribution is 0.0608. The number of carbonyl (C=O) groups is 1. The van der Waals surface area contributed by atoms with Gasteiger partial charge in [0.25, 0.3) is 5.91 Å². The molecule has 1 aromatic carbocycles. The highest BCUT2D eigenvalue weighted by molar-refractivity contribution is 6.17. The number of alkyl halides is 1. The maximum atomic E-state index is 12.7. The molecule has 1 saturated heterocycles. The van der Waals surface area contributed by atoms with Crippen LogP contribution in [-0.4, -0.2) is 29.3 Å². The monoisotopic (exact) mass is 279 g/mol. The SMILES string of the molecule is Cc1ccc(C(=O)N2CCCCC2CCCl)c(C)c1. The molecule has 1 amide bonds. The summed E-state index contributed by atoms with van der Waals surface area (Å²) < 4.78 is 0. The Morgan fingerprint density at radius 1 is 1.37 bits per heavy atom. The van der Waals surface area contributed by atoms with Crippen molar-refractivity contribution >= 4 is 17.5 Å². The van der Waals surface area contributed by atoms with Crippen LogP contribution in [0, 0.1) is 13.8 Å². The van der Waals surface area contributed by atoms with Gasteiger partial charge in [-0.05, 0) is 51.2 Å². The molecular formula is C16H22ClNO. The van der Waals surface area contributed by atoms with Crippen LogP contribution in [0.1, 0.15) is 47.2 Å². The smallest absolute Gasteiger partial charge is 0.254 e. The minimum Gasteiger partial charge on any atom is -0.336 e. The lowest BCUT2D eigenvalue weighted by atomic mass is 9.97. The van der Waals surface area contributed by atoms with Gasteiger partial charge in [0.15, 0.2) is 0 Å². The Bertz CT molecular complexity index is 456. The fraction of sp³-hybridized carbons (Fsp3) is 0.562. The first-order chi connectivity index (χ1) is 9.13. The summed E-state index contributed by atoms with van der Waals surface area (Å²) in [5, 5.41) is 0. The lowest BCUT2D eigenvalue weighted by Crippen LogP contribution is -2.44. The number of piperidine rings is 1. The number of likely N-dealkylation sites (tertiary alicyclic amines) is 1. The zero-order valence-electron chi connectivity index (χ0n) is 11.8. The molecular weight excluding hydrogens is 258 g/mol. The predicted octanol–water partition coefficient (Wildman–Crippen LogP) is 3.93. The molecule has 1 aromatic rings. The highest BCUT2D eigenvalue weighted by atomic mass is 35.5. The molecule has 0 aliphatic carbocycles. The van der Waals surface area contributed by atoms with E-state index in [0.29, 0.717) is 11.9 Å². The number of rotatable bonds is 3. The summed E-state index contributed by atoms with van der Waals surface area (Å²) in [6, 6.07) is 6.37. The van der Waals surface area contributed by atoms with Gasteiger partial charge in [-0.15, -0.1) is 11.6 Å². The first kappa shape index (κ1) is 14.4. The van der Waals surface area contributed by atoms with Crippen molar-refractivity contribution in [3.05, 3.63) is 34.9 Å². The third-order valence-electron chi connectivity index (χ3n) is 3.94. The predicted molar refractivity (Wildman–Crippen MR) is 79.9 cm³/mol. The Balaban J connectivity index is 2.21. The minimum atomic E-state index is 0.173. The van der Waals surface area contributed by atoms with Crippen molar-refractivity contribution in [3.8, 4) is 0 Å². The average molecular weight is 280 g/mol. The highest BCUT2D eigenvalue weighted by Gasteiger charge is 2.27. The van der Waals surface area contributed by atoms with Crippen LogP contribution in [0.3, 0.4) is 0 Å². The maximum absolute atomic E-state index is 12.7. The van der Waals surface area contributed by atoms with Crippen LogP contribution in [0.4, 0.5) is 0 Å². The number of hydrogen-bond acceptors (Lipinski definition) is 1. The standard InChI is InChI=1S/C16H22ClNO/c1-12-6-7-15(13(2)11-12)16(19)18-10-4-3-5-14(18)8-9-17/h6-7,11,14H,3-5,8-10H2,1-2H3. The number of carbonyl (C=O) groups excluding carboxylic acids is 1. The Kier molecular flexibility index (Phi) is 4.87. The third kappa shape index (κ3) is 3.30. The molecule has 0 N–H and O–H groups in total. The molecule has 1 fully saturated rings. The number of aryl methyl sites for hydroxylation is 2. The van der Waals surface area contributed by atoms with Crippen molar-refractivity contribution in [2.75, 3.05) is 12.4 Å². The molecule has 1 aliphatic rings. The van der Waals surface area contributed by atoms with Gasteiger partial charge >= 0.3 is 0 Å². The van der Waals surface area contributed by atoms with Crippen LogP contribution >= 0.6 is 11.6 Å². The molecule has 2 nitrogen and oxygen atoms in total. The normalized spacial score (nSPS) is 19.5. The van der Waals surface area contributed by atoms with Crippen molar-refractivity contribution in [1.82, 2.24) is 4.90 Å².